The van der Waals surface area contributed by atoms with Crippen LogP contribution in [0.4, 0.5) is 4.39 Å². The van der Waals surface area contributed by atoms with Crippen LogP contribution in [-0.2, 0) is 4.79 Å². The van der Waals surface area contributed by atoms with Crippen molar-refractivity contribution in [2.24, 2.45) is 5.92 Å². The van der Waals surface area contributed by atoms with Crippen LogP contribution in [0.3, 0.4) is 0 Å². The summed E-state index contributed by atoms with van der Waals surface area (Å²) in [6.07, 6.45) is 0. The molecule has 1 amide bonds. The van der Waals surface area contributed by atoms with Gasteiger partial charge in [-0.25, -0.2) is 4.39 Å². The minimum absolute atomic E-state index is 0.0199. The molecule has 0 saturated carbocycles. The first-order valence-corrected chi connectivity index (χ1v) is 7.56. The van der Waals surface area contributed by atoms with Crippen molar-refractivity contribution in [2.45, 2.75) is 26.8 Å². The molecular formula is C16H16ClFN2O4. The zero-order valence-corrected chi connectivity index (χ0v) is 14.0. The fourth-order valence-electron chi connectivity index (χ4n) is 2.15. The molecule has 8 heteroatoms. The fraction of sp³-hybridized carbons (Fsp3) is 0.312. The number of hydrogen-bond donors (Lipinski definition) is 2. The van der Waals surface area contributed by atoms with E-state index in [0.29, 0.717) is 0 Å². The second-order valence-electron chi connectivity index (χ2n) is 5.45. The third kappa shape index (κ3) is 3.41. The normalized spacial score (nSPS) is 13.4. The molecule has 2 rings (SSSR count). The average molecular weight is 355 g/mol. The summed E-state index contributed by atoms with van der Waals surface area (Å²) in [5.74, 6) is -2.91. The molecule has 0 bridgehead atoms. The van der Waals surface area contributed by atoms with Crippen LogP contribution in [0.15, 0.2) is 22.7 Å². The molecule has 6 nitrogen and oxygen atoms in total. The Morgan fingerprint density at radius 1 is 1.38 bits per heavy atom. The largest absolute Gasteiger partial charge is 0.481 e. The van der Waals surface area contributed by atoms with Gasteiger partial charge in [0.2, 0.25) is 0 Å². The molecule has 0 aliphatic rings. The Balaban J connectivity index is 2.41. The SMILES string of the molecule is Cc1onc(-c2c(F)cccc2Cl)c1C(=O)NC(C)C(C)C(=O)O. The summed E-state index contributed by atoms with van der Waals surface area (Å²) in [5, 5.41) is 15.4. The third-order valence-corrected chi connectivity index (χ3v) is 4.10. The molecule has 1 aromatic carbocycles. The highest BCUT2D eigenvalue weighted by molar-refractivity contribution is 6.33. The van der Waals surface area contributed by atoms with E-state index in [1.165, 1.54) is 32.0 Å². The van der Waals surface area contributed by atoms with Crippen molar-refractivity contribution in [3.8, 4) is 11.3 Å². The monoisotopic (exact) mass is 354 g/mol. The second kappa shape index (κ2) is 7.00. The molecule has 1 heterocycles. The Morgan fingerprint density at radius 2 is 2.04 bits per heavy atom. The Kier molecular flexibility index (Phi) is 5.23. The molecule has 1 aromatic heterocycles. The molecule has 0 fully saturated rings. The maximum absolute atomic E-state index is 14.1. The van der Waals surface area contributed by atoms with Crippen molar-refractivity contribution < 1.29 is 23.6 Å². The summed E-state index contributed by atoms with van der Waals surface area (Å²) in [7, 11) is 0. The van der Waals surface area contributed by atoms with E-state index in [1.807, 2.05) is 0 Å². The van der Waals surface area contributed by atoms with Gasteiger partial charge in [-0.05, 0) is 32.9 Å². The van der Waals surface area contributed by atoms with Crippen molar-refractivity contribution in [2.75, 3.05) is 0 Å². The third-order valence-electron chi connectivity index (χ3n) is 3.79. The second-order valence-corrected chi connectivity index (χ2v) is 5.86. The average Bonchev–Trinajstić information content (AvgIpc) is 2.87. The lowest BCUT2D eigenvalue weighted by Gasteiger charge is -2.17. The highest BCUT2D eigenvalue weighted by atomic mass is 35.5. The number of amides is 1. The highest BCUT2D eigenvalue weighted by Crippen LogP contribution is 2.33. The number of carbonyl (C=O) groups excluding carboxylic acids is 1. The fourth-order valence-corrected chi connectivity index (χ4v) is 2.40. The summed E-state index contributed by atoms with van der Waals surface area (Å²) in [5.41, 5.74) is -0.0465. The van der Waals surface area contributed by atoms with E-state index in [0.717, 1.165) is 0 Å². The lowest BCUT2D eigenvalue weighted by atomic mass is 10.0. The van der Waals surface area contributed by atoms with E-state index in [2.05, 4.69) is 10.5 Å². The predicted octanol–water partition coefficient (Wildman–Crippen LogP) is 3.28. The first-order valence-electron chi connectivity index (χ1n) is 7.18. The number of carboxylic acids is 1. The highest BCUT2D eigenvalue weighted by Gasteiger charge is 2.28. The van der Waals surface area contributed by atoms with Crippen molar-refractivity contribution in [1.29, 1.82) is 0 Å². The maximum atomic E-state index is 14.1. The smallest absolute Gasteiger partial charge is 0.308 e. The van der Waals surface area contributed by atoms with E-state index >= 15 is 0 Å². The van der Waals surface area contributed by atoms with Gasteiger partial charge in [0.15, 0.2) is 0 Å². The molecule has 24 heavy (non-hydrogen) atoms. The minimum Gasteiger partial charge on any atom is -0.481 e. The lowest BCUT2D eigenvalue weighted by Crippen LogP contribution is -2.40. The van der Waals surface area contributed by atoms with Gasteiger partial charge in [0.25, 0.3) is 5.91 Å². The molecule has 0 spiro atoms. The number of nitrogens with one attached hydrogen (secondary N) is 1. The van der Waals surface area contributed by atoms with Crippen molar-refractivity contribution in [1.82, 2.24) is 10.5 Å². The molecular weight excluding hydrogens is 339 g/mol. The van der Waals surface area contributed by atoms with Gasteiger partial charge in [-0.3, -0.25) is 9.59 Å². The molecule has 2 atom stereocenters. The molecule has 0 radical (unpaired) electrons. The number of aliphatic carboxylic acids is 1. The molecule has 2 N–H and O–H groups in total. The van der Waals surface area contributed by atoms with E-state index in [9.17, 15) is 14.0 Å². The van der Waals surface area contributed by atoms with Crippen LogP contribution in [0.2, 0.25) is 5.02 Å². The summed E-state index contributed by atoms with van der Waals surface area (Å²) in [6.45, 7) is 4.54. The summed E-state index contributed by atoms with van der Waals surface area (Å²) in [6, 6.07) is 3.46. The van der Waals surface area contributed by atoms with Crippen LogP contribution in [0.1, 0.15) is 30.0 Å². The number of nitrogens with zero attached hydrogens (tertiary/aromatic N) is 1. The van der Waals surface area contributed by atoms with Crippen molar-refractivity contribution in [3.05, 3.63) is 40.4 Å². The Labute approximate surface area is 142 Å². The van der Waals surface area contributed by atoms with Gasteiger partial charge in [-0.2, -0.15) is 0 Å². The number of hydrogen-bond acceptors (Lipinski definition) is 4. The minimum atomic E-state index is -1.04. The molecule has 128 valence electrons. The predicted molar refractivity (Wildman–Crippen MR) is 85.4 cm³/mol. The molecule has 0 aliphatic carbocycles. The van der Waals surface area contributed by atoms with E-state index in [-0.39, 0.29) is 27.6 Å². The molecule has 0 saturated heterocycles. The molecule has 2 unspecified atom stereocenters. The summed E-state index contributed by atoms with van der Waals surface area (Å²) in [4.78, 5) is 23.5. The van der Waals surface area contributed by atoms with E-state index in [1.54, 1.807) is 6.92 Å². The summed E-state index contributed by atoms with van der Waals surface area (Å²) < 4.78 is 19.1. The van der Waals surface area contributed by atoms with Gasteiger partial charge in [-0.1, -0.05) is 22.8 Å². The number of halogens is 2. The number of carboxylic acid groups (broad SMARTS) is 1. The van der Waals surface area contributed by atoms with E-state index < -0.39 is 29.7 Å². The van der Waals surface area contributed by atoms with Crippen LogP contribution in [0.5, 0.6) is 0 Å². The van der Waals surface area contributed by atoms with E-state index in [4.69, 9.17) is 21.2 Å². The standard InChI is InChI=1S/C16H16ClFN2O4/c1-7(16(22)23)8(2)19-15(21)12-9(3)24-20-14(12)13-10(17)5-4-6-11(13)18/h4-8H,1-3H3,(H,19,21)(H,22,23). The number of carbonyl (C=O) groups is 2. The lowest BCUT2D eigenvalue weighted by molar-refractivity contribution is -0.141. The number of aromatic nitrogens is 1. The van der Waals surface area contributed by atoms with Crippen molar-refractivity contribution >= 4 is 23.5 Å². The van der Waals surface area contributed by atoms with Gasteiger partial charge in [0.1, 0.15) is 22.8 Å². The van der Waals surface area contributed by atoms with Crippen LogP contribution < -0.4 is 5.32 Å². The number of rotatable bonds is 5. The topological polar surface area (TPSA) is 92.4 Å². The molecule has 0 aliphatic heterocycles. The number of aryl methyl sites for hydroxylation is 1. The Hall–Kier alpha value is -2.41. The van der Waals surface area contributed by atoms with Gasteiger partial charge >= 0.3 is 5.97 Å². The zero-order valence-electron chi connectivity index (χ0n) is 13.3. The first-order chi connectivity index (χ1) is 11.2. The quantitative estimate of drug-likeness (QED) is 0.859. The van der Waals surface area contributed by atoms with Gasteiger partial charge in [0, 0.05) is 6.04 Å². The summed E-state index contributed by atoms with van der Waals surface area (Å²) >= 11 is 6.02. The molecule has 2 aromatic rings. The maximum Gasteiger partial charge on any atom is 0.308 e. The Bertz CT molecular complexity index is 770. The van der Waals surface area contributed by atoms with Gasteiger partial charge in [0.05, 0.1) is 16.5 Å². The van der Waals surface area contributed by atoms with Crippen LogP contribution >= 0.6 is 11.6 Å². The van der Waals surface area contributed by atoms with Gasteiger partial charge in [-0.15, -0.1) is 0 Å². The first kappa shape index (κ1) is 17.9. The van der Waals surface area contributed by atoms with Crippen LogP contribution in [0, 0.1) is 18.7 Å². The Morgan fingerprint density at radius 3 is 2.62 bits per heavy atom. The van der Waals surface area contributed by atoms with Gasteiger partial charge < -0.3 is 14.9 Å². The number of benzene rings is 1. The van der Waals surface area contributed by atoms with Crippen LogP contribution in [-0.4, -0.2) is 28.2 Å². The van der Waals surface area contributed by atoms with Crippen LogP contribution in [0.25, 0.3) is 11.3 Å². The zero-order chi connectivity index (χ0) is 18.0. The van der Waals surface area contributed by atoms with Crippen molar-refractivity contribution in [3.63, 3.8) is 0 Å².